The first-order valence-corrected chi connectivity index (χ1v) is 5.71. The largest absolute Gasteiger partial charge is 0.316 e. The van der Waals surface area contributed by atoms with Crippen molar-refractivity contribution in [2.75, 3.05) is 13.1 Å². The molecule has 1 saturated carbocycles. The molecule has 0 amide bonds. The Morgan fingerprint density at radius 1 is 1.31 bits per heavy atom. The molecule has 0 aromatic heterocycles. The third kappa shape index (κ3) is 4.66. The molecule has 0 bridgehead atoms. The molecule has 1 rings (SSSR count). The van der Waals surface area contributed by atoms with Crippen LogP contribution >= 0.6 is 0 Å². The zero-order valence-corrected chi connectivity index (χ0v) is 9.69. The van der Waals surface area contributed by atoms with Crippen LogP contribution in [-0.4, -0.2) is 13.1 Å². The van der Waals surface area contributed by atoms with Gasteiger partial charge < -0.3 is 5.32 Å². The molecule has 1 N–H and O–H groups in total. The van der Waals surface area contributed by atoms with E-state index in [-0.39, 0.29) is 0 Å². The Hall–Kier alpha value is -0.0400. The number of nitrogens with one attached hydrogen (secondary N) is 1. The molecule has 1 fully saturated rings. The Morgan fingerprint density at radius 2 is 1.92 bits per heavy atom. The fraction of sp³-hybridized carbons (Fsp3) is 1.00. The molecule has 0 aliphatic heterocycles. The van der Waals surface area contributed by atoms with Crippen LogP contribution in [0.1, 0.15) is 47.0 Å². The molecule has 1 heteroatoms. The van der Waals surface area contributed by atoms with Crippen molar-refractivity contribution in [3.8, 4) is 0 Å². The smallest absolute Gasteiger partial charge is 0.00182 e. The minimum Gasteiger partial charge on any atom is -0.316 e. The van der Waals surface area contributed by atoms with Crippen LogP contribution in [0.5, 0.6) is 0 Å². The minimum atomic E-state index is 0.451. The molecule has 0 radical (unpaired) electrons. The van der Waals surface area contributed by atoms with Crippen LogP contribution in [0.15, 0.2) is 0 Å². The Bertz CT molecular complexity index is 142. The van der Waals surface area contributed by atoms with Gasteiger partial charge in [0.1, 0.15) is 0 Å². The molecule has 1 aliphatic rings. The van der Waals surface area contributed by atoms with Gasteiger partial charge in [-0.1, -0.05) is 40.5 Å². The Morgan fingerprint density at radius 3 is 2.38 bits per heavy atom. The molecule has 0 heterocycles. The summed E-state index contributed by atoms with van der Waals surface area (Å²) in [6.07, 6.45) is 4.36. The lowest BCUT2D eigenvalue weighted by molar-refractivity contribution is 0.252. The van der Waals surface area contributed by atoms with Crippen LogP contribution in [-0.2, 0) is 0 Å². The summed E-state index contributed by atoms with van der Waals surface area (Å²) in [7, 11) is 0. The van der Waals surface area contributed by atoms with Crippen molar-refractivity contribution in [1.29, 1.82) is 0 Å². The van der Waals surface area contributed by atoms with Crippen molar-refractivity contribution in [1.82, 2.24) is 5.32 Å². The average Bonchev–Trinajstić information content (AvgIpc) is 2.79. The first-order valence-electron chi connectivity index (χ1n) is 5.71. The highest BCUT2D eigenvalue weighted by Crippen LogP contribution is 2.31. The van der Waals surface area contributed by atoms with Crippen molar-refractivity contribution < 1.29 is 0 Å². The van der Waals surface area contributed by atoms with Crippen LogP contribution < -0.4 is 5.32 Å². The van der Waals surface area contributed by atoms with Gasteiger partial charge in [-0.2, -0.15) is 0 Å². The lowest BCUT2D eigenvalue weighted by Crippen LogP contribution is -2.30. The summed E-state index contributed by atoms with van der Waals surface area (Å²) in [5.41, 5.74) is 0.451. The molecule has 0 aromatic carbocycles. The zero-order valence-electron chi connectivity index (χ0n) is 9.69. The molecule has 0 spiro atoms. The van der Waals surface area contributed by atoms with E-state index in [1.807, 2.05) is 0 Å². The van der Waals surface area contributed by atoms with Crippen molar-refractivity contribution in [3.63, 3.8) is 0 Å². The van der Waals surface area contributed by atoms with Gasteiger partial charge in [0.25, 0.3) is 0 Å². The van der Waals surface area contributed by atoms with E-state index in [2.05, 4.69) is 33.0 Å². The molecule has 1 unspecified atom stereocenters. The quantitative estimate of drug-likeness (QED) is 0.646. The second-order valence-electron chi connectivity index (χ2n) is 5.70. The second kappa shape index (κ2) is 4.45. The average molecular weight is 183 g/mol. The third-order valence-electron chi connectivity index (χ3n) is 3.36. The van der Waals surface area contributed by atoms with Gasteiger partial charge in [0.2, 0.25) is 0 Å². The molecule has 1 aliphatic carbocycles. The van der Waals surface area contributed by atoms with E-state index in [9.17, 15) is 0 Å². The third-order valence-corrected chi connectivity index (χ3v) is 3.36. The molecule has 13 heavy (non-hydrogen) atoms. The lowest BCUT2D eigenvalue weighted by atomic mass is 9.82. The van der Waals surface area contributed by atoms with Gasteiger partial charge in [0.05, 0.1) is 0 Å². The van der Waals surface area contributed by atoms with E-state index < -0.39 is 0 Å². The van der Waals surface area contributed by atoms with Crippen molar-refractivity contribution in [2.24, 2.45) is 17.3 Å². The maximum Gasteiger partial charge on any atom is -0.00182 e. The van der Waals surface area contributed by atoms with Gasteiger partial charge in [0.15, 0.2) is 0 Å². The van der Waals surface area contributed by atoms with Crippen LogP contribution in [0.2, 0.25) is 0 Å². The van der Waals surface area contributed by atoms with E-state index in [4.69, 9.17) is 0 Å². The summed E-state index contributed by atoms with van der Waals surface area (Å²) in [6.45, 7) is 11.7. The van der Waals surface area contributed by atoms with Crippen LogP contribution in [0.4, 0.5) is 0 Å². The van der Waals surface area contributed by atoms with Crippen molar-refractivity contribution in [2.45, 2.75) is 47.0 Å². The van der Waals surface area contributed by atoms with Crippen molar-refractivity contribution in [3.05, 3.63) is 0 Å². The summed E-state index contributed by atoms with van der Waals surface area (Å²) in [6, 6.07) is 0. The van der Waals surface area contributed by atoms with E-state index >= 15 is 0 Å². The SMILES string of the molecule is CC(CNCCC1CC1)C(C)(C)C. The molecule has 78 valence electrons. The van der Waals surface area contributed by atoms with Crippen LogP contribution in [0.25, 0.3) is 0 Å². The number of hydrogen-bond acceptors (Lipinski definition) is 1. The van der Waals surface area contributed by atoms with Gasteiger partial charge >= 0.3 is 0 Å². The first-order chi connectivity index (χ1) is 6.00. The number of rotatable bonds is 5. The monoisotopic (exact) mass is 183 g/mol. The van der Waals surface area contributed by atoms with E-state index in [0.717, 1.165) is 11.8 Å². The maximum absolute atomic E-state index is 3.56. The zero-order chi connectivity index (χ0) is 9.90. The predicted molar refractivity (Wildman–Crippen MR) is 58.8 cm³/mol. The van der Waals surface area contributed by atoms with Gasteiger partial charge in [-0.15, -0.1) is 0 Å². The maximum atomic E-state index is 3.56. The minimum absolute atomic E-state index is 0.451. The summed E-state index contributed by atoms with van der Waals surface area (Å²) in [4.78, 5) is 0. The Kier molecular flexibility index (Phi) is 3.78. The summed E-state index contributed by atoms with van der Waals surface area (Å²) < 4.78 is 0. The van der Waals surface area contributed by atoms with Gasteiger partial charge in [-0.25, -0.2) is 0 Å². The van der Waals surface area contributed by atoms with Gasteiger partial charge in [0, 0.05) is 0 Å². The van der Waals surface area contributed by atoms with Gasteiger partial charge in [-0.3, -0.25) is 0 Å². The summed E-state index contributed by atoms with van der Waals surface area (Å²) in [5.74, 6) is 1.84. The molecule has 1 atom stereocenters. The van der Waals surface area contributed by atoms with Crippen LogP contribution in [0, 0.1) is 17.3 Å². The Labute approximate surface area is 83.3 Å². The highest BCUT2D eigenvalue weighted by Gasteiger charge is 2.21. The van der Waals surface area contributed by atoms with E-state index in [0.29, 0.717) is 5.41 Å². The Balaban J connectivity index is 1.97. The molecule has 1 nitrogen and oxygen atoms in total. The predicted octanol–water partition coefficient (Wildman–Crippen LogP) is 3.06. The van der Waals surface area contributed by atoms with Gasteiger partial charge in [-0.05, 0) is 36.8 Å². The summed E-state index contributed by atoms with van der Waals surface area (Å²) >= 11 is 0. The van der Waals surface area contributed by atoms with Crippen LogP contribution in [0.3, 0.4) is 0 Å². The second-order valence-corrected chi connectivity index (χ2v) is 5.70. The first kappa shape index (κ1) is 11.0. The molecule has 0 aromatic rings. The topological polar surface area (TPSA) is 12.0 Å². The highest BCUT2D eigenvalue weighted by molar-refractivity contribution is 4.75. The fourth-order valence-corrected chi connectivity index (χ4v) is 1.34. The molecular formula is C12H25N. The number of hydrogen-bond donors (Lipinski definition) is 1. The molecule has 0 saturated heterocycles. The standard InChI is InChI=1S/C12H25N/c1-10(12(2,3)4)9-13-8-7-11-5-6-11/h10-11,13H,5-9H2,1-4H3. The van der Waals surface area contributed by atoms with E-state index in [1.54, 1.807) is 0 Å². The highest BCUT2D eigenvalue weighted by atomic mass is 14.9. The lowest BCUT2D eigenvalue weighted by Gasteiger charge is -2.27. The summed E-state index contributed by atoms with van der Waals surface area (Å²) in [5, 5.41) is 3.56. The molecular weight excluding hydrogens is 158 g/mol. The van der Waals surface area contributed by atoms with E-state index in [1.165, 1.54) is 32.4 Å². The van der Waals surface area contributed by atoms with Crippen molar-refractivity contribution >= 4 is 0 Å². The normalized spacial score (nSPS) is 20.3. The fourth-order valence-electron chi connectivity index (χ4n) is 1.34.